The second kappa shape index (κ2) is 7.89. The maximum Gasteiger partial charge on any atom is 0.272 e. The van der Waals surface area contributed by atoms with Crippen molar-refractivity contribution in [2.45, 2.75) is 33.6 Å². The normalized spacial score (nSPS) is 16.4. The van der Waals surface area contributed by atoms with Crippen LogP contribution in [0.2, 0.25) is 10.0 Å². The monoisotopic (exact) mass is 440 g/mol. The SMILES string of the molecule is Cc1nn(-c2ccccc2)c2c1/C(=N/NC(=O)c1ccc(Cl)cc1Cl)CC(C)(C)C2. The van der Waals surface area contributed by atoms with Crippen LogP contribution < -0.4 is 5.43 Å². The summed E-state index contributed by atoms with van der Waals surface area (Å²) < 4.78 is 1.99. The Morgan fingerprint density at radius 1 is 1.13 bits per heavy atom. The van der Waals surface area contributed by atoms with Crippen molar-refractivity contribution in [1.29, 1.82) is 0 Å². The van der Waals surface area contributed by atoms with Gasteiger partial charge in [0.2, 0.25) is 0 Å². The summed E-state index contributed by atoms with van der Waals surface area (Å²) in [6.45, 7) is 6.37. The minimum absolute atomic E-state index is 0.0204. The Bertz CT molecular complexity index is 1150. The van der Waals surface area contributed by atoms with Crippen molar-refractivity contribution in [3.8, 4) is 5.69 Å². The van der Waals surface area contributed by atoms with E-state index in [0.717, 1.165) is 41.2 Å². The number of carbonyl (C=O) groups is 1. The molecule has 154 valence electrons. The van der Waals surface area contributed by atoms with Crippen LogP contribution in [0.15, 0.2) is 53.6 Å². The molecule has 0 unspecified atom stereocenters. The summed E-state index contributed by atoms with van der Waals surface area (Å²) in [5.74, 6) is -0.373. The minimum atomic E-state index is -0.373. The van der Waals surface area contributed by atoms with Gasteiger partial charge >= 0.3 is 0 Å². The van der Waals surface area contributed by atoms with Gasteiger partial charge in [-0.05, 0) is 55.5 Å². The molecule has 2 aromatic carbocycles. The van der Waals surface area contributed by atoms with Gasteiger partial charge in [-0.2, -0.15) is 10.2 Å². The number of carbonyl (C=O) groups excluding carboxylic acids is 1. The molecule has 0 bridgehead atoms. The molecule has 4 rings (SSSR count). The highest BCUT2D eigenvalue weighted by Crippen LogP contribution is 2.37. The van der Waals surface area contributed by atoms with Crippen molar-refractivity contribution < 1.29 is 4.79 Å². The zero-order chi connectivity index (χ0) is 21.5. The zero-order valence-corrected chi connectivity index (χ0v) is 18.6. The van der Waals surface area contributed by atoms with Crippen LogP contribution in [-0.2, 0) is 6.42 Å². The molecule has 1 amide bonds. The number of para-hydroxylation sites is 1. The number of aryl methyl sites for hydroxylation is 1. The van der Waals surface area contributed by atoms with Gasteiger partial charge in [0.1, 0.15) is 0 Å². The van der Waals surface area contributed by atoms with E-state index in [9.17, 15) is 4.79 Å². The molecule has 1 aromatic heterocycles. The van der Waals surface area contributed by atoms with E-state index in [1.54, 1.807) is 18.2 Å². The van der Waals surface area contributed by atoms with Gasteiger partial charge in [-0.15, -0.1) is 0 Å². The molecule has 1 aliphatic carbocycles. The van der Waals surface area contributed by atoms with Crippen molar-refractivity contribution in [3.63, 3.8) is 0 Å². The summed E-state index contributed by atoms with van der Waals surface area (Å²) in [6.07, 6.45) is 1.60. The topological polar surface area (TPSA) is 59.3 Å². The van der Waals surface area contributed by atoms with Gasteiger partial charge in [-0.1, -0.05) is 55.2 Å². The number of nitrogens with one attached hydrogen (secondary N) is 1. The van der Waals surface area contributed by atoms with E-state index in [0.29, 0.717) is 10.6 Å². The number of hydrogen-bond donors (Lipinski definition) is 1. The van der Waals surface area contributed by atoms with E-state index in [1.807, 2.05) is 41.9 Å². The van der Waals surface area contributed by atoms with Crippen molar-refractivity contribution in [3.05, 3.63) is 81.1 Å². The quantitative estimate of drug-likeness (QED) is 0.539. The molecule has 7 heteroatoms. The molecule has 0 atom stereocenters. The van der Waals surface area contributed by atoms with E-state index in [1.165, 1.54) is 0 Å². The summed E-state index contributed by atoms with van der Waals surface area (Å²) in [5, 5.41) is 10.0. The van der Waals surface area contributed by atoms with E-state index in [2.05, 4.69) is 24.4 Å². The third kappa shape index (κ3) is 4.00. The first-order valence-electron chi connectivity index (χ1n) is 9.71. The van der Waals surface area contributed by atoms with Gasteiger partial charge < -0.3 is 0 Å². The number of aromatic nitrogens is 2. The molecule has 1 N–H and O–H groups in total. The van der Waals surface area contributed by atoms with Crippen LogP contribution in [0.25, 0.3) is 5.69 Å². The number of fused-ring (bicyclic) bond motifs is 1. The highest BCUT2D eigenvalue weighted by molar-refractivity contribution is 6.36. The van der Waals surface area contributed by atoms with Crippen LogP contribution in [0.3, 0.4) is 0 Å². The van der Waals surface area contributed by atoms with E-state index < -0.39 is 0 Å². The van der Waals surface area contributed by atoms with Gasteiger partial charge in [0.25, 0.3) is 5.91 Å². The summed E-state index contributed by atoms with van der Waals surface area (Å²) >= 11 is 12.1. The lowest BCUT2D eigenvalue weighted by Gasteiger charge is -2.31. The first-order valence-corrected chi connectivity index (χ1v) is 10.5. The van der Waals surface area contributed by atoms with E-state index >= 15 is 0 Å². The average Bonchev–Trinajstić information content (AvgIpc) is 3.01. The molecular formula is C23H22Cl2N4O. The van der Waals surface area contributed by atoms with Crippen LogP contribution in [0.5, 0.6) is 0 Å². The maximum atomic E-state index is 12.6. The number of rotatable bonds is 3. The third-order valence-corrected chi connectivity index (χ3v) is 5.75. The lowest BCUT2D eigenvalue weighted by molar-refractivity contribution is 0.0954. The zero-order valence-electron chi connectivity index (χ0n) is 17.0. The van der Waals surface area contributed by atoms with Gasteiger partial charge in [0, 0.05) is 10.6 Å². The Hall–Kier alpha value is -2.63. The molecular weight excluding hydrogens is 419 g/mol. The lowest BCUT2D eigenvalue weighted by atomic mass is 9.75. The highest BCUT2D eigenvalue weighted by atomic mass is 35.5. The molecule has 0 aliphatic heterocycles. The molecule has 0 radical (unpaired) electrons. The molecule has 5 nitrogen and oxygen atoms in total. The average molecular weight is 441 g/mol. The predicted octanol–water partition coefficient (Wildman–Crippen LogP) is 5.59. The lowest BCUT2D eigenvalue weighted by Crippen LogP contribution is -2.31. The number of halogens is 2. The molecule has 3 aromatic rings. The highest BCUT2D eigenvalue weighted by Gasteiger charge is 2.34. The predicted molar refractivity (Wildman–Crippen MR) is 121 cm³/mol. The smallest absolute Gasteiger partial charge is 0.267 e. The first-order chi connectivity index (χ1) is 14.2. The number of benzene rings is 2. The van der Waals surface area contributed by atoms with Crippen molar-refractivity contribution in [1.82, 2.24) is 15.2 Å². The second-order valence-electron chi connectivity index (χ2n) is 8.30. The molecule has 1 heterocycles. The van der Waals surface area contributed by atoms with Crippen molar-refractivity contribution >= 4 is 34.8 Å². The Kier molecular flexibility index (Phi) is 5.43. The number of nitrogens with zero attached hydrogens (tertiary/aromatic N) is 3. The standard InChI is InChI=1S/C23H22Cl2N4O/c1-14-21-19(26-27-22(30)17-10-9-15(24)11-18(17)25)12-23(2,3)13-20(21)29(28-14)16-7-5-4-6-8-16/h4-11H,12-13H2,1-3H3,(H,27,30)/b26-19+. The largest absolute Gasteiger partial charge is 0.272 e. The molecule has 0 saturated carbocycles. The summed E-state index contributed by atoms with van der Waals surface area (Å²) in [7, 11) is 0. The van der Waals surface area contributed by atoms with Crippen LogP contribution in [0.1, 0.15) is 47.6 Å². The van der Waals surface area contributed by atoms with Crippen molar-refractivity contribution in [2.24, 2.45) is 10.5 Å². The Morgan fingerprint density at radius 3 is 2.57 bits per heavy atom. The van der Waals surface area contributed by atoms with Crippen LogP contribution in [-0.4, -0.2) is 21.4 Å². The summed E-state index contributed by atoms with van der Waals surface area (Å²) in [4.78, 5) is 12.6. The molecule has 1 aliphatic rings. The van der Waals surface area contributed by atoms with Crippen molar-refractivity contribution in [2.75, 3.05) is 0 Å². The molecule has 0 spiro atoms. The van der Waals surface area contributed by atoms with Crippen LogP contribution >= 0.6 is 23.2 Å². The Labute approximate surface area is 185 Å². The summed E-state index contributed by atoms with van der Waals surface area (Å²) in [5.41, 5.74) is 7.80. The molecule has 0 saturated heterocycles. The Morgan fingerprint density at radius 2 is 1.87 bits per heavy atom. The second-order valence-corrected chi connectivity index (χ2v) is 9.14. The van der Waals surface area contributed by atoms with Gasteiger partial charge in [-0.3, -0.25) is 4.79 Å². The Balaban J connectivity index is 1.72. The fourth-order valence-corrected chi connectivity index (χ4v) is 4.40. The van der Waals surface area contributed by atoms with E-state index in [-0.39, 0.29) is 16.3 Å². The third-order valence-electron chi connectivity index (χ3n) is 5.21. The fraction of sp³-hybridized carbons (Fsp3) is 0.261. The molecule has 0 fully saturated rings. The maximum absolute atomic E-state index is 12.6. The first kappa shape index (κ1) is 20.6. The number of amides is 1. The van der Waals surface area contributed by atoms with Gasteiger partial charge in [-0.25, -0.2) is 10.1 Å². The van der Waals surface area contributed by atoms with Gasteiger partial charge in [0.05, 0.1) is 33.4 Å². The van der Waals surface area contributed by atoms with Crippen LogP contribution in [0.4, 0.5) is 0 Å². The number of hydrogen-bond acceptors (Lipinski definition) is 3. The van der Waals surface area contributed by atoms with Crippen LogP contribution in [0, 0.1) is 12.3 Å². The van der Waals surface area contributed by atoms with E-state index in [4.69, 9.17) is 28.3 Å². The minimum Gasteiger partial charge on any atom is -0.267 e. The van der Waals surface area contributed by atoms with Gasteiger partial charge in [0.15, 0.2) is 0 Å². The summed E-state index contributed by atoms with van der Waals surface area (Å²) in [6, 6.07) is 14.8. The number of hydrazone groups is 1. The fourth-order valence-electron chi connectivity index (χ4n) is 3.90. The molecule has 30 heavy (non-hydrogen) atoms.